The van der Waals surface area contributed by atoms with Crippen molar-refractivity contribution >= 4 is 5.97 Å². The zero-order chi connectivity index (χ0) is 18.8. The van der Waals surface area contributed by atoms with E-state index in [1.165, 1.54) is 0 Å². The molecule has 1 atom stereocenters. The Morgan fingerprint density at radius 3 is 2.15 bits per heavy atom. The van der Waals surface area contributed by atoms with Crippen LogP contribution in [0.3, 0.4) is 0 Å². The minimum atomic E-state index is -0.453. The number of esters is 1. The molecule has 1 aliphatic rings. The summed E-state index contributed by atoms with van der Waals surface area (Å²) in [6.45, 7) is 0. The molecule has 3 aromatic rings. The summed E-state index contributed by atoms with van der Waals surface area (Å²) < 4.78 is 16.5. The molecule has 136 valence electrons. The van der Waals surface area contributed by atoms with Crippen molar-refractivity contribution in [2.75, 3.05) is 14.2 Å². The van der Waals surface area contributed by atoms with Crippen LogP contribution >= 0.6 is 0 Å². The van der Waals surface area contributed by atoms with E-state index in [9.17, 15) is 4.79 Å². The van der Waals surface area contributed by atoms with Crippen molar-refractivity contribution in [3.8, 4) is 22.6 Å². The van der Waals surface area contributed by atoms with Gasteiger partial charge in [0.05, 0.1) is 20.6 Å². The number of hydrogen-bond donors (Lipinski definition) is 0. The zero-order valence-electron chi connectivity index (χ0n) is 15.3. The molecule has 3 aromatic carbocycles. The lowest BCUT2D eigenvalue weighted by Gasteiger charge is -2.27. The van der Waals surface area contributed by atoms with E-state index in [0.29, 0.717) is 11.5 Å². The maximum absolute atomic E-state index is 12.2. The predicted octanol–water partition coefficient (Wildman–Crippen LogP) is 4.56. The fourth-order valence-electron chi connectivity index (χ4n) is 3.45. The molecular formula is C23H20O4. The van der Waals surface area contributed by atoms with Crippen LogP contribution in [0.25, 0.3) is 11.1 Å². The topological polar surface area (TPSA) is 44.8 Å². The Balaban J connectivity index is 1.73. The Labute approximate surface area is 158 Å². The Morgan fingerprint density at radius 2 is 1.48 bits per heavy atom. The summed E-state index contributed by atoms with van der Waals surface area (Å²) >= 11 is 0. The number of carbonyl (C=O) groups excluding carboxylic acids is 1. The highest BCUT2D eigenvalue weighted by Gasteiger charge is 2.29. The first kappa shape index (κ1) is 17.2. The van der Waals surface area contributed by atoms with Crippen LogP contribution in [0.2, 0.25) is 0 Å². The Bertz CT molecular complexity index is 962. The number of rotatable bonds is 4. The van der Waals surface area contributed by atoms with Crippen LogP contribution in [0.4, 0.5) is 0 Å². The predicted molar refractivity (Wildman–Crippen MR) is 103 cm³/mol. The Hall–Kier alpha value is -3.27. The van der Waals surface area contributed by atoms with Gasteiger partial charge in [-0.25, -0.2) is 0 Å². The zero-order valence-corrected chi connectivity index (χ0v) is 15.3. The molecule has 0 radical (unpaired) electrons. The summed E-state index contributed by atoms with van der Waals surface area (Å²) in [6.07, 6.45) is -0.222. The lowest BCUT2D eigenvalue weighted by molar-refractivity contribution is -0.148. The number of benzene rings is 3. The van der Waals surface area contributed by atoms with Gasteiger partial charge in [-0.05, 0) is 34.4 Å². The van der Waals surface area contributed by atoms with Crippen LogP contribution in [0.1, 0.15) is 22.8 Å². The van der Waals surface area contributed by atoms with Crippen molar-refractivity contribution < 1.29 is 19.0 Å². The maximum atomic E-state index is 12.2. The van der Waals surface area contributed by atoms with Gasteiger partial charge in [-0.2, -0.15) is 0 Å². The van der Waals surface area contributed by atoms with Gasteiger partial charge in [0.25, 0.3) is 0 Å². The average molecular weight is 360 g/mol. The summed E-state index contributed by atoms with van der Waals surface area (Å²) in [5, 5.41) is 0. The van der Waals surface area contributed by atoms with Gasteiger partial charge < -0.3 is 14.2 Å². The van der Waals surface area contributed by atoms with E-state index in [4.69, 9.17) is 14.2 Å². The minimum Gasteiger partial charge on any atom is -0.493 e. The molecule has 4 nitrogen and oxygen atoms in total. The maximum Gasteiger partial charge on any atom is 0.311 e. The van der Waals surface area contributed by atoms with E-state index in [1.807, 2.05) is 54.6 Å². The molecule has 0 unspecified atom stereocenters. The third-order valence-electron chi connectivity index (χ3n) is 4.83. The van der Waals surface area contributed by atoms with Crippen molar-refractivity contribution in [2.24, 2.45) is 0 Å². The molecule has 0 N–H and O–H groups in total. The molecule has 4 heteroatoms. The van der Waals surface area contributed by atoms with Crippen LogP contribution in [0.5, 0.6) is 11.5 Å². The standard InChI is InChI=1S/C23H20O4/c1-25-20-12-18-13-22(24)27-23(19(18)14-21(20)26-2)17-10-8-16(9-11-17)15-6-4-3-5-7-15/h3-12,14,23H,13H2,1-2H3/t23-/m1/s1. The van der Waals surface area contributed by atoms with Gasteiger partial charge in [0.1, 0.15) is 0 Å². The number of hydrogen-bond acceptors (Lipinski definition) is 4. The monoisotopic (exact) mass is 360 g/mol. The highest BCUT2D eigenvalue weighted by Crippen LogP contribution is 2.40. The summed E-state index contributed by atoms with van der Waals surface area (Å²) in [5.74, 6) is 0.996. The number of ether oxygens (including phenoxy) is 3. The number of carbonyl (C=O) groups is 1. The molecule has 0 saturated carbocycles. The Kier molecular flexibility index (Phi) is 4.55. The molecule has 0 amide bonds. The summed E-state index contributed by atoms with van der Waals surface area (Å²) in [7, 11) is 3.19. The summed E-state index contributed by atoms with van der Waals surface area (Å²) in [5.41, 5.74) is 5.03. The summed E-state index contributed by atoms with van der Waals surface area (Å²) in [4.78, 5) is 12.2. The van der Waals surface area contributed by atoms with Gasteiger partial charge in [0.2, 0.25) is 0 Å². The van der Waals surface area contributed by atoms with Crippen molar-refractivity contribution in [1.82, 2.24) is 0 Å². The first-order valence-corrected chi connectivity index (χ1v) is 8.79. The van der Waals surface area contributed by atoms with Crippen molar-refractivity contribution in [1.29, 1.82) is 0 Å². The van der Waals surface area contributed by atoms with E-state index in [-0.39, 0.29) is 12.4 Å². The molecule has 0 spiro atoms. The van der Waals surface area contributed by atoms with Gasteiger partial charge in [-0.15, -0.1) is 0 Å². The first-order chi connectivity index (χ1) is 13.2. The summed E-state index contributed by atoms with van der Waals surface area (Å²) in [6, 6.07) is 22.0. The second kappa shape index (κ2) is 7.16. The van der Waals surface area contributed by atoms with Crippen LogP contribution in [-0.2, 0) is 16.0 Å². The average Bonchev–Trinajstić information content (AvgIpc) is 2.73. The van der Waals surface area contributed by atoms with E-state index < -0.39 is 6.10 Å². The molecule has 0 aliphatic carbocycles. The molecule has 0 fully saturated rings. The molecule has 0 aromatic heterocycles. The van der Waals surface area contributed by atoms with Gasteiger partial charge in [-0.1, -0.05) is 54.6 Å². The van der Waals surface area contributed by atoms with E-state index in [0.717, 1.165) is 27.8 Å². The van der Waals surface area contributed by atoms with Crippen molar-refractivity contribution in [2.45, 2.75) is 12.5 Å². The number of methoxy groups -OCH3 is 2. The highest BCUT2D eigenvalue weighted by atomic mass is 16.5. The fraction of sp³-hybridized carbons (Fsp3) is 0.174. The number of fused-ring (bicyclic) bond motifs is 1. The molecule has 1 aliphatic heterocycles. The van der Waals surface area contributed by atoms with Gasteiger partial charge in [0, 0.05) is 5.56 Å². The SMILES string of the molecule is COc1cc2c(cc1OC)[C@@H](c1ccc(-c3ccccc3)cc1)OC(=O)C2. The normalized spacial score (nSPS) is 15.6. The lowest BCUT2D eigenvalue weighted by atomic mass is 9.91. The van der Waals surface area contributed by atoms with Crippen molar-refractivity contribution in [3.63, 3.8) is 0 Å². The van der Waals surface area contributed by atoms with Crippen LogP contribution in [-0.4, -0.2) is 20.2 Å². The first-order valence-electron chi connectivity index (χ1n) is 8.79. The molecule has 4 rings (SSSR count). The van der Waals surface area contributed by atoms with E-state index in [1.54, 1.807) is 14.2 Å². The largest absolute Gasteiger partial charge is 0.493 e. The van der Waals surface area contributed by atoms with E-state index >= 15 is 0 Å². The quantitative estimate of drug-likeness (QED) is 0.640. The van der Waals surface area contributed by atoms with Gasteiger partial charge in [-0.3, -0.25) is 4.79 Å². The fourth-order valence-corrected chi connectivity index (χ4v) is 3.45. The Morgan fingerprint density at radius 1 is 0.852 bits per heavy atom. The lowest BCUT2D eigenvalue weighted by Crippen LogP contribution is -2.22. The highest BCUT2D eigenvalue weighted by molar-refractivity contribution is 5.77. The third kappa shape index (κ3) is 3.26. The molecule has 27 heavy (non-hydrogen) atoms. The van der Waals surface area contributed by atoms with Gasteiger partial charge >= 0.3 is 5.97 Å². The van der Waals surface area contributed by atoms with Crippen LogP contribution in [0.15, 0.2) is 66.7 Å². The minimum absolute atomic E-state index is 0.230. The van der Waals surface area contributed by atoms with Crippen LogP contribution in [0, 0.1) is 0 Å². The molecular weight excluding hydrogens is 340 g/mol. The third-order valence-corrected chi connectivity index (χ3v) is 4.83. The molecule has 0 saturated heterocycles. The molecule has 1 heterocycles. The van der Waals surface area contributed by atoms with Crippen molar-refractivity contribution in [3.05, 3.63) is 83.4 Å². The second-order valence-electron chi connectivity index (χ2n) is 6.44. The number of cyclic esters (lactones) is 1. The molecule has 0 bridgehead atoms. The van der Waals surface area contributed by atoms with E-state index in [2.05, 4.69) is 12.1 Å². The smallest absolute Gasteiger partial charge is 0.311 e. The van der Waals surface area contributed by atoms with Crippen LogP contribution < -0.4 is 9.47 Å². The second-order valence-corrected chi connectivity index (χ2v) is 6.44. The van der Waals surface area contributed by atoms with Gasteiger partial charge in [0.15, 0.2) is 17.6 Å².